The fraction of sp³-hybridized carbons (Fsp3) is 0.333. The summed E-state index contributed by atoms with van der Waals surface area (Å²) in [6, 6.07) is 25.5. The Morgan fingerprint density at radius 1 is 0.829 bits per heavy atom. The molecule has 5 heteroatoms. The number of amides is 1. The minimum absolute atomic E-state index is 0.0646. The molecular formula is C30H36N2O3. The van der Waals surface area contributed by atoms with Gasteiger partial charge in [-0.2, -0.15) is 5.10 Å². The van der Waals surface area contributed by atoms with E-state index in [0.29, 0.717) is 12.4 Å². The molecule has 0 unspecified atom stereocenters. The van der Waals surface area contributed by atoms with Gasteiger partial charge in [-0.25, -0.2) is 5.43 Å². The Hall–Kier alpha value is -3.60. The van der Waals surface area contributed by atoms with E-state index in [1.165, 1.54) is 5.56 Å². The van der Waals surface area contributed by atoms with Gasteiger partial charge >= 0.3 is 0 Å². The molecule has 0 spiro atoms. The van der Waals surface area contributed by atoms with E-state index in [2.05, 4.69) is 57.3 Å². The summed E-state index contributed by atoms with van der Waals surface area (Å²) in [4.78, 5) is 12.1. The van der Waals surface area contributed by atoms with Crippen molar-refractivity contribution in [2.24, 2.45) is 10.5 Å². The van der Waals surface area contributed by atoms with Crippen molar-refractivity contribution in [3.8, 4) is 11.5 Å². The largest absolute Gasteiger partial charge is 0.489 e. The number of hydrogen-bond donors (Lipinski definition) is 1. The first-order valence-electron chi connectivity index (χ1n) is 11.9. The molecule has 0 aromatic heterocycles. The van der Waals surface area contributed by atoms with Crippen molar-refractivity contribution in [3.05, 3.63) is 95.6 Å². The molecule has 0 bridgehead atoms. The number of hydrogen-bond acceptors (Lipinski definition) is 4. The molecule has 0 radical (unpaired) electrons. The van der Waals surface area contributed by atoms with Crippen LogP contribution in [-0.2, 0) is 16.8 Å². The third-order valence-corrected chi connectivity index (χ3v) is 5.51. The first-order chi connectivity index (χ1) is 16.6. The second-order valence-corrected chi connectivity index (χ2v) is 10.6. The Bertz CT molecular complexity index is 1100. The third-order valence-electron chi connectivity index (χ3n) is 5.51. The summed E-state index contributed by atoms with van der Waals surface area (Å²) in [7, 11) is 0. The van der Waals surface area contributed by atoms with Crippen LogP contribution in [0.2, 0.25) is 0 Å². The Morgan fingerprint density at radius 2 is 1.43 bits per heavy atom. The van der Waals surface area contributed by atoms with Gasteiger partial charge in [-0.1, -0.05) is 77.1 Å². The molecule has 1 amide bonds. The predicted octanol–water partition coefficient (Wildman–Crippen LogP) is 6.51. The van der Waals surface area contributed by atoms with Crippen LogP contribution < -0.4 is 14.9 Å². The fourth-order valence-electron chi connectivity index (χ4n) is 4.18. The summed E-state index contributed by atoms with van der Waals surface area (Å²) in [6.07, 6.45) is 2.66. The smallest absolute Gasteiger partial charge is 0.277 e. The molecule has 0 heterocycles. The van der Waals surface area contributed by atoms with Crippen molar-refractivity contribution in [1.29, 1.82) is 0 Å². The van der Waals surface area contributed by atoms with E-state index in [0.717, 1.165) is 23.3 Å². The molecule has 3 aromatic carbocycles. The summed E-state index contributed by atoms with van der Waals surface area (Å²) in [6.45, 7) is 11.7. The zero-order valence-corrected chi connectivity index (χ0v) is 21.4. The monoisotopic (exact) mass is 472 g/mol. The number of ether oxygens (including phenoxy) is 2. The highest BCUT2D eigenvalue weighted by Crippen LogP contribution is 2.36. The van der Waals surface area contributed by atoms with Crippen molar-refractivity contribution in [2.75, 3.05) is 6.61 Å². The lowest BCUT2D eigenvalue weighted by Gasteiger charge is -2.33. The lowest BCUT2D eigenvalue weighted by Crippen LogP contribution is -2.25. The van der Waals surface area contributed by atoms with Crippen LogP contribution >= 0.6 is 0 Å². The van der Waals surface area contributed by atoms with E-state index in [4.69, 9.17) is 9.47 Å². The van der Waals surface area contributed by atoms with E-state index in [-0.39, 0.29) is 23.3 Å². The molecule has 184 valence electrons. The maximum absolute atomic E-state index is 12.1. The molecular weight excluding hydrogens is 436 g/mol. The Kier molecular flexibility index (Phi) is 8.69. The van der Waals surface area contributed by atoms with Gasteiger partial charge < -0.3 is 9.47 Å². The van der Waals surface area contributed by atoms with Crippen molar-refractivity contribution in [1.82, 2.24) is 5.43 Å². The maximum atomic E-state index is 12.1. The normalized spacial score (nSPS) is 11.9. The van der Waals surface area contributed by atoms with Gasteiger partial charge in [0.1, 0.15) is 18.1 Å². The average Bonchev–Trinajstić information content (AvgIpc) is 2.82. The lowest BCUT2D eigenvalue weighted by atomic mass is 9.72. The van der Waals surface area contributed by atoms with E-state index < -0.39 is 0 Å². The molecule has 1 N–H and O–H groups in total. The van der Waals surface area contributed by atoms with Crippen molar-refractivity contribution < 1.29 is 14.3 Å². The van der Waals surface area contributed by atoms with Crippen molar-refractivity contribution in [3.63, 3.8) is 0 Å². The van der Waals surface area contributed by atoms with Crippen LogP contribution in [0.4, 0.5) is 0 Å². The molecule has 0 aliphatic carbocycles. The topological polar surface area (TPSA) is 59.9 Å². The molecule has 0 saturated heterocycles. The molecule has 0 atom stereocenters. The molecule has 3 rings (SSSR count). The third kappa shape index (κ3) is 8.93. The SMILES string of the molecule is CC(C)(C)CC(C)(C)c1ccc(OCC(=O)NN=Cc2ccc(OCc3ccccc3)cc2)cc1. The fourth-order valence-corrected chi connectivity index (χ4v) is 4.18. The summed E-state index contributed by atoms with van der Waals surface area (Å²) in [5.41, 5.74) is 6.03. The second-order valence-electron chi connectivity index (χ2n) is 10.6. The van der Waals surface area contributed by atoms with Crippen LogP contribution in [0.3, 0.4) is 0 Å². The van der Waals surface area contributed by atoms with Gasteiger partial charge in [0.2, 0.25) is 0 Å². The second kappa shape index (κ2) is 11.7. The standard InChI is InChI=1S/C30H36N2O3/c1-29(2,3)22-30(4,5)25-13-17-27(18-14-25)35-21-28(33)32-31-19-23-11-15-26(16-12-23)34-20-24-9-7-6-8-10-24/h6-19H,20-22H2,1-5H3,(H,32,33). The minimum atomic E-state index is -0.318. The van der Waals surface area contributed by atoms with E-state index in [1.54, 1.807) is 6.21 Å². The molecule has 0 aliphatic rings. The van der Waals surface area contributed by atoms with Gasteiger partial charge in [0, 0.05) is 0 Å². The van der Waals surface area contributed by atoms with E-state index in [9.17, 15) is 4.79 Å². The predicted molar refractivity (Wildman–Crippen MR) is 142 cm³/mol. The number of nitrogens with zero attached hydrogens (tertiary/aromatic N) is 1. The quantitative estimate of drug-likeness (QED) is 0.270. The van der Waals surface area contributed by atoms with E-state index in [1.807, 2.05) is 66.7 Å². The van der Waals surface area contributed by atoms with Crippen molar-refractivity contribution in [2.45, 2.75) is 53.1 Å². The summed E-state index contributed by atoms with van der Waals surface area (Å²) < 4.78 is 11.4. The molecule has 0 aliphatic heterocycles. The van der Waals surface area contributed by atoms with Crippen LogP contribution in [0, 0.1) is 5.41 Å². The first kappa shape index (κ1) is 26.0. The molecule has 35 heavy (non-hydrogen) atoms. The van der Waals surface area contributed by atoms with Crippen molar-refractivity contribution >= 4 is 12.1 Å². The van der Waals surface area contributed by atoms with Gasteiger partial charge in [0.05, 0.1) is 6.21 Å². The van der Waals surface area contributed by atoms with Crippen LogP contribution in [0.1, 0.15) is 57.7 Å². The Balaban J connectivity index is 1.41. The molecule has 0 saturated carbocycles. The Morgan fingerprint density at radius 3 is 2.06 bits per heavy atom. The Labute approximate surface area is 209 Å². The highest BCUT2D eigenvalue weighted by molar-refractivity contribution is 5.83. The zero-order chi connectivity index (χ0) is 25.3. The number of benzene rings is 3. The number of hydrazone groups is 1. The lowest BCUT2D eigenvalue weighted by molar-refractivity contribution is -0.123. The first-order valence-corrected chi connectivity index (χ1v) is 11.9. The molecule has 0 fully saturated rings. The zero-order valence-electron chi connectivity index (χ0n) is 21.4. The highest BCUT2D eigenvalue weighted by Gasteiger charge is 2.27. The minimum Gasteiger partial charge on any atom is -0.489 e. The number of rotatable bonds is 10. The van der Waals surface area contributed by atoms with Gasteiger partial charge in [0.15, 0.2) is 6.61 Å². The maximum Gasteiger partial charge on any atom is 0.277 e. The number of carbonyl (C=O) groups excluding carboxylic acids is 1. The van der Waals surface area contributed by atoms with Crippen LogP contribution in [0.15, 0.2) is 84.0 Å². The molecule has 3 aromatic rings. The summed E-state index contributed by atoms with van der Waals surface area (Å²) in [5, 5.41) is 4.01. The average molecular weight is 473 g/mol. The van der Waals surface area contributed by atoms with Gasteiger partial charge in [-0.15, -0.1) is 0 Å². The van der Waals surface area contributed by atoms with Gasteiger partial charge in [0.25, 0.3) is 5.91 Å². The van der Waals surface area contributed by atoms with Gasteiger partial charge in [-0.05, 0) is 70.3 Å². The molecule has 5 nitrogen and oxygen atoms in total. The highest BCUT2D eigenvalue weighted by atomic mass is 16.5. The van der Waals surface area contributed by atoms with Crippen LogP contribution in [0.25, 0.3) is 0 Å². The van der Waals surface area contributed by atoms with Crippen LogP contribution in [0.5, 0.6) is 11.5 Å². The number of nitrogens with one attached hydrogen (secondary N) is 1. The van der Waals surface area contributed by atoms with E-state index >= 15 is 0 Å². The van der Waals surface area contributed by atoms with Gasteiger partial charge in [-0.3, -0.25) is 4.79 Å². The summed E-state index contributed by atoms with van der Waals surface area (Å²) in [5.74, 6) is 1.11. The number of carbonyl (C=O) groups is 1. The van der Waals surface area contributed by atoms with Crippen LogP contribution in [-0.4, -0.2) is 18.7 Å². The summed E-state index contributed by atoms with van der Waals surface area (Å²) >= 11 is 0.